The molecular formula is C11H14Cl2N2. The molecule has 0 spiro atoms. The van der Waals surface area contributed by atoms with Crippen molar-refractivity contribution in [3.63, 3.8) is 0 Å². The summed E-state index contributed by atoms with van der Waals surface area (Å²) >= 11 is 12.4. The highest BCUT2D eigenvalue weighted by atomic mass is 35.5. The van der Waals surface area contributed by atoms with Crippen LogP contribution in [-0.2, 0) is 0 Å². The smallest absolute Gasteiger partial charge is 0.0746 e. The van der Waals surface area contributed by atoms with Crippen molar-refractivity contribution in [1.29, 1.82) is 0 Å². The largest absolute Gasteiger partial charge is 0.367 e. The van der Waals surface area contributed by atoms with Crippen LogP contribution in [0.5, 0.6) is 0 Å². The van der Waals surface area contributed by atoms with E-state index in [0.717, 1.165) is 47.5 Å². The van der Waals surface area contributed by atoms with Gasteiger partial charge in [-0.15, -0.1) is 0 Å². The standard InChI is InChI=1S/C11H14Cl2N2/c1-8-6-9(12)11(10(13)7-8)15-4-2-14-3-5-15/h6-7,14H,2-5H2,1H3. The summed E-state index contributed by atoms with van der Waals surface area (Å²) in [6.45, 7) is 5.89. The molecule has 2 rings (SSSR count). The number of anilines is 1. The highest BCUT2D eigenvalue weighted by Crippen LogP contribution is 2.34. The van der Waals surface area contributed by atoms with Crippen LogP contribution < -0.4 is 10.2 Å². The number of nitrogens with zero attached hydrogens (tertiary/aromatic N) is 1. The van der Waals surface area contributed by atoms with E-state index in [1.807, 2.05) is 19.1 Å². The molecule has 1 aliphatic heterocycles. The first-order valence-corrected chi connectivity index (χ1v) is 5.85. The molecule has 15 heavy (non-hydrogen) atoms. The fourth-order valence-corrected chi connectivity index (χ4v) is 2.72. The zero-order chi connectivity index (χ0) is 10.8. The summed E-state index contributed by atoms with van der Waals surface area (Å²) in [5.74, 6) is 0. The van der Waals surface area contributed by atoms with Gasteiger partial charge < -0.3 is 10.2 Å². The Labute approximate surface area is 100 Å². The average molecular weight is 245 g/mol. The maximum Gasteiger partial charge on any atom is 0.0746 e. The predicted molar refractivity (Wildman–Crippen MR) is 66.3 cm³/mol. The Morgan fingerprint density at radius 1 is 1.13 bits per heavy atom. The van der Waals surface area contributed by atoms with E-state index in [1.165, 1.54) is 0 Å². The summed E-state index contributed by atoms with van der Waals surface area (Å²) in [5, 5.41) is 4.81. The molecule has 1 saturated heterocycles. The average Bonchev–Trinajstić information content (AvgIpc) is 2.17. The van der Waals surface area contributed by atoms with Crippen LogP contribution in [0.2, 0.25) is 10.0 Å². The van der Waals surface area contributed by atoms with E-state index < -0.39 is 0 Å². The summed E-state index contributed by atoms with van der Waals surface area (Å²) < 4.78 is 0. The van der Waals surface area contributed by atoms with E-state index in [-0.39, 0.29) is 0 Å². The van der Waals surface area contributed by atoms with Crippen LogP contribution in [0.4, 0.5) is 5.69 Å². The first kappa shape index (κ1) is 11.1. The Bertz CT molecular complexity index is 337. The van der Waals surface area contributed by atoms with Crippen LogP contribution >= 0.6 is 23.2 Å². The Hall–Kier alpha value is -0.440. The summed E-state index contributed by atoms with van der Waals surface area (Å²) in [6, 6.07) is 3.93. The number of hydrogen-bond donors (Lipinski definition) is 1. The van der Waals surface area contributed by atoms with Gasteiger partial charge in [0, 0.05) is 26.2 Å². The molecule has 0 bridgehead atoms. The van der Waals surface area contributed by atoms with Crippen molar-refractivity contribution in [2.75, 3.05) is 31.1 Å². The molecule has 0 atom stereocenters. The van der Waals surface area contributed by atoms with Crippen molar-refractivity contribution >= 4 is 28.9 Å². The quantitative estimate of drug-likeness (QED) is 0.818. The fourth-order valence-electron chi connectivity index (χ4n) is 1.88. The molecule has 1 aliphatic rings. The second-order valence-electron chi connectivity index (χ2n) is 3.81. The number of rotatable bonds is 1. The minimum absolute atomic E-state index is 0.752. The molecule has 0 aromatic heterocycles. The van der Waals surface area contributed by atoms with Crippen LogP contribution in [0.15, 0.2) is 12.1 Å². The van der Waals surface area contributed by atoms with Crippen LogP contribution in [0, 0.1) is 6.92 Å². The van der Waals surface area contributed by atoms with Crippen LogP contribution in [0.25, 0.3) is 0 Å². The number of aryl methyl sites for hydroxylation is 1. The first-order valence-electron chi connectivity index (χ1n) is 5.10. The van der Waals surface area contributed by atoms with E-state index in [2.05, 4.69) is 10.2 Å². The summed E-state index contributed by atoms with van der Waals surface area (Å²) in [6.07, 6.45) is 0. The van der Waals surface area contributed by atoms with Gasteiger partial charge in [0.15, 0.2) is 0 Å². The third-order valence-electron chi connectivity index (χ3n) is 2.59. The van der Waals surface area contributed by atoms with Gasteiger partial charge in [-0.1, -0.05) is 23.2 Å². The second kappa shape index (κ2) is 4.60. The highest BCUT2D eigenvalue weighted by Gasteiger charge is 2.16. The van der Waals surface area contributed by atoms with Gasteiger partial charge in [-0.3, -0.25) is 0 Å². The Morgan fingerprint density at radius 2 is 1.67 bits per heavy atom. The summed E-state index contributed by atoms with van der Waals surface area (Å²) in [7, 11) is 0. The van der Waals surface area contributed by atoms with Gasteiger partial charge in [-0.05, 0) is 24.6 Å². The topological polar surface area (TPSA) is 15.3 Å². The Morgan fingerprint density at radius 3 is 2.20 bits per heavy atom. The number of hydrogen-bond acceptors (Lipinski definition) is 2. The molecular weight excluding hydrogens is 231 g/mol. The molecule has 1 heterocycles. The summed E-state index contributed by atoms with van der Waals surface area (Å²) in [4.78, 5) is 2.24. The van der Waals surface area contributed by atoms with Gasteiger partial charge >= 0.3 is 0 Å². The molecule has 1 aromatic carbocycles. The van der Waals surface area contributed by atoms with Gasteiger partial charge in [0.1, 0.15) is 0 Å². The molecule has 0 unspecified atom stereocenters. The molecule has 1 aromatic rings. The van der Waals surface area contributed by atoms with Crippen molar-refractivity contribution < 1.29 is 0 Å². The summed E-state index contributed by atoms with van der Waals surface area (Å²) in [5.41, 5.74) is 2.08. The minimum atomic E-state index is 0.752. The van der Waals surface area contributed by atoms with Crippen LogP contribution in [0.1, 0.15) is 5.56 Å². The molecule has 1 N–H and O–H groups in total. The molecule has 4 heteroatoms. The lowest BCUT2D eigenvalue weighted by Crippen LogP contribution is -2.43. The molecule has 1 fully saturated rings. The van der Waals surface area contributed by atoms with Gasteiger partial charge in [-0.2, -0.15) is 0 Å². The SMILES string of the molecule is Cc1cc(Cl)c(N2CCNCC2)c(Cl)c1. The second-order valence-corrected chi connectivity index (χ2v) is 4.63. The zero-order valence-corrected chi connectivity index (χ0v) is 10.2. The Balaban J connectivity index is 2.33. The molecule has 0 aliphatic carbocycles. The molecule has 82 valence electrons. The first-order chi connectivity index (χ1) is 7.18. The molecule has 0 saturated carbocycles. The monoisotopic (exact) mass is 244 g/mol. The van der Waals surface area contributed by atoms with Gasteiger partial charge in [-0.25, -0.2) is 0 Å². The van der Waals surface area contributed by atoms with Crippen LogP contribution in [-0.4, -0.2) is 26.2 Å². The van der Waals surface area contributed by atoms with E-state index in [4.69, 9.17) is 23.2 Å². The van der Waals surface area contributed by atoms with Gasteiger partial charge in [0.25, 0.3) is 0 Å². The third-order valence-corrected chi connectivity index (χ3v) is 3.17. The number of nitrogens with one attached hydrogen (secondary N) is 1. The number of piperazine rings is 1. The molecule has 2 nitrogen and oxygen atoms in total. The molecule has 0 amide bonds. The predicted octanol–water partition coefficient (Wildman–Crippen LogP) is 2.71. The zero-order valence-electron chi connectivity index (χ0n) is 8.69. The Kier molecular flexibility index (Phi) is 3.39. The lowest BCUT2D eigenvalue weighted by Gasteiger charge is -2.31. The van der Waals surface area contributed by atoms with Crippen molar-refractivity contribution in [1.82, 2.24) is 5.32 Å². The maximum absolute atomic E-state index is 6.22. The van der Waals surface area contributed by atoms with Crippen molar-refractivity contribution in [3.05, 3.63) is 27.7 Å². The number of halogens is 2. The number of benzene rings is 1. The maximum atomic E-state index is 6.22. The van der Waals surface area contributed by atoms with E-state index >= 15 is 0 Å². The fraction of sp³-hybridized carbons (Fsp3) is 0.455. The van der Waals surface area contributed by atoms with E-state index in [9.17, 15) is 0 Å². The lowest BCUT2D eigenvalue weighted by molar-refractivity contribution is 0.589. The normalized spacial score (nSPS) is 16.9. The highest BCUT2D eigenvalue weighted by molar-refractivity contribution is 6.39. The lowest BCUT2D eigenvalue weighted by atomic mass is 10.2. The van der Waals surface area contributed by atoms with E-state index in [0.29, 0.717) is 0 Å². The minimum Gasteiger partial charge on any atom is -0.367 e. The van der Waals surface area contributed by atoms with Crippen molar-refractivity contribution in [3.8, 4) is 0 Å². The van der Waals surface area contributed by atoms with Crippen LogP contribution in [0.3, 0.4) is 0 Å². The van der Waals surface area contributed by atoms with Gasteiger partial charge in [0.05, 0.1) is 15.7 Å². The van der Waals surface area contributed by atoms with Crippen molar-refractivity contribution in [2.45, 2.75) is 6.92 Å². The third kappa shape index (κ3) is 2.39. The molecule has 0 radical (unpaired) electrons. The van der Waals surface area contributed by atoms with E-state index in [1.54, 1.807) is 0 Å². The van der Waals surface area contributed by atoms with Gasteiger partial charge in [0.2, 0.25) is 0 Å². The van der Waals surface area contributed by atoms with Crippen molar-refractivity contribution in [2.24, 2.45) is 0 Å².